The fourth-order valence-electron chi connectivity index (χ4n) is 2.45. The Morgan fingerprint density at radius 1 is 0.962 bits per heavy atom. The third kappa shape index (κ3) is 4.18. The van der Waals surface area contributed by atoms with Crippen molar-refractivity contribution in [3.8, 4) is 0 Å². The Morgan fingerprint density at radius 3 is 2.31 bits per heavy atom. The molecule has 0 saturated heterocycles. The summed E-state index contributed by atoms with van der Waals surface area (Å²) in [5.41, 5.74) is 3.97. The molecule has 0 bridgehead atoms. The quantitative estimate of drug-likeness (QED) is 0.698. The van der Waals surface area contributed by atoms with E-state index in [0.717, 1.165) is 29.1 Å². The van der Waals surface area contributed by atoms with E-state index in [1.807, 2.05) is 26.0 Å². The summed E-state index contributed by atoms with van der Waals surface area (Å²) in [4.78, 5) is 4.09. The van der Waals surface area contributed by atoms with Crippen molar-refractivity contribution in [3.63, 3.8) is 0 Å². The molecule has 2 aromatic carbocycles. The molecule has 0 spiro atoms. The first-order valence-corrected chi connectivity index (χ1v) is 9.40. The van der Waals surface area contributed by atoms with Crippen LogP contribution < -0.4 is 10.0 Å². The number of hydrogen-bond acceptors (Lipinski definition) is 4. The number of pyridine rings is 1. The van der Waals surface area contributed by atoms with E-state index in [-0.39, 0.29) is 10.7 Å². The summed E-state index contributed by atoms with van der Waals surface area (Å²) < 4.78 is 39.9. The molecule has 3 rings (SSSR count). The zero-order chi connectivity index (χ0) is 18.7. The molecule has 134 valence electrons. The third-order valence-corrected chi connectivity index (χ3v) is 5.16. The van der Waals surface area contributed by atoms with E-state index < -0.39 is 15.8 Å². The number of aryl methyl sites for hydroxylation is 2. The summed E-state index contributed by atoms with van der Waals surface area (Å²) in [7, 11) is -3.81. The van der Waals surface area contributed by atoms with Crippen molar-refractivity contribution in [3.05, 3.63) is 77.7 Å². The molecule has 7 heteroatoms. The molecule has 1 heterocycles. The highest BCUT2D eigenvalue weighted by Gasteiger charge is 2.14. The lowest BCUT2D eigenvalue weighted by molar-refractivity contribution is 0.599. The van der Waals surface area contributed by atoms with E-state index in [4.69, 9.17) is 0 Å². The molecule has 26 heavy (non-hydrogen) atoms. The first kappa shape index (κ1) is 17.9. The molecular weight excluding hydrogens is 353 g/mol. The topological polar surface area (TPSA) is 71.1 Å². The minimum absolute atomic E-state index is 0.0295. The molecule has 3 aromatic rings. The van der Waals surface area contributed by atoms with Gasteiger partial charge in [-0.25, -0.2) is 17.8 Å². The molecule has 0 aliphatic carbocycles. The van der Waals surface area contributed by atoms with E-state index in [0.29, 0.717) is 0 Å². The van der Waals surface area contributed by atoms with Crippen LogP contribution in [0, 0.1) is 19.7 Å². The van der Waals surface area contributed by atoms with Gasteiger partial charge in [-0.1, -0.05) is 17.7 Å². The summed E-state index contributed by atoms with van der Waals surface area (Å²) in [6.45, 7) is 4.04. The Labute approximate surface area is 152 Å². The largest absolute Gasteiger partial charge is 0.354 e. The second kappa shape index (κ2) is 7.13. The van der Waals surface area contributed by atoms with Gasteiger partial charge in [-0.15, -0.1) is 0 Å². The zero-order valence-electron chi connectivity index (χ0n) is 14.3. The summed E-state index contributed by atoms with van der Waals surface area (Å²) in [5, 5.41) is 3.25. The monoisotopic (exact) mass is 371 g/mol. The molecule has 5 nitrogen and oxygen atoms in total. The standard InChI is InChI=1S/C19H18FN3O2S/c1-13-3-9-18(14(2)11-13)22-16-6-10-19(21-12-16)23-26(24,25)17-7-4-15(20)5-8-17/h3-12,22H,1-2H3,(H,21,23). The average Bonchev–Trinajstić information content (AvgIpc) is 2.59. The number of nitrogens with zero attached hydrogens (tertiary/aromatic N) is 1. The highest BCUT2D eigenvalue weighted by molar-refractivity contribution is 7.92. The van der Waals surface area contributed by atoms with Gasteiger partial charge in [-0.2, -0.15) is 0 Å². The number of rotatable bonds is 5. The maximum absolute atomic E-state index is 12.9. The molecule has 0 atom stereocenters. The van der Waals surface area contributed by atoms with Crippen LogP contribution in [0.1, 0.15) is 11.1 Å². The van der Waals surface area contributed by atoms with E-state index in [2.05, 4.69) is 21.1 Å². The van der Waals surface area contributed by atoms with Gasteiger partial charge in [-0.05, 0) is 61.9 Å². The molecule has 0 aliphatic heterocycles. The Kier molecular flexibility index (Phi) is 4.90. The number of benzene rings is 2. The highest BCUT2D eigenvalue weighted by Crippen LogP contribution is 2.22. The maximum atomic E-state index is 12.9. The second-order valence-corrected chi connectivity index (χ2v) is 7.62. The van der Waals surface area contributed by atoms with Crippen LogP contribution >= 0.6 is 0 Å². The number of sulfonamides is 1. The number of aromatic nitrogens is 1. The maximum Gasteiger partial charge on any atom is 0.263 e. The predicted octanol–water partition coefficient (Wildman–Crippen LogP) is 4.38. The normalized spacial score (nSPS) is 11.2. The molecule has 0 unspecified atom stereocenters. The van der Waals surface area contributed by atoms with Crippen LogP contribution in [-0.4, -0.2) is 13.4 Å². The van der Waals surface area contributed by atoms with E-state index in [1.54, 1.807) is 18.3 Å². The van der Waals surface area contributed by atoms with Crippen molar-refractivity contribution in [1.82, 2.24) is 4.98 Å². The first-order chi connectivity index (χ1) is 12.3. The molecule has 2 N–H and O–H groups in total. The number of hydrogen-bond donors (Lipinski definition) is 2. The minimum atomic E-state index is -3.81. The fraction of sp³-hybridized carbons (Fsp3) is 0.105. The van der Waals surface area contributed by atoms with Crippen LogP contribution in [-0.2, 0) is 10.0 Å². The van der Waals surface area contributed by atoms with Crippen molar-refractivity contribution < 1.29 is 12.8 Å². The van der Waals surface area contributed by atoms with E-state index in [1.165, 1.54) is 17.7 Å². The minimum Gasteiger partial charge on any atom is -0.354 e. The Bertz CT molecular complexity index is 1020. The Hall–Kier alpha value is -2.93. The summed E-state index contributed by atoms with van der Waals surface area (Å²) >= 11 is 0. The molecule has 0 fully saturated rings. The molecule has 0 amide bonds. The molecule has 0 radical (unpaired) electrons. The summed E-state index contributed by atoms with van der Waals surface area (Å²) in [6.07, 6.45) is 1.54. The zero-order valence-corrected chi connectivity index (χ0v) is 15.1. The second-order valence-electron chi connectivity index (χ2n) is 5.93. The average molecular weight is 371 g/mol. The Morgan fingerprint density at radius 2 is 1.69 bits per heavy atom. The fourth-order valence-corrected chi connectivity index (χ4v) is 3.46. The van der Waals surface area contributed by atoms with Crippen molar-refractivity contribution in [2.75, 3.05) is 10.0 Å². The number of halogens is 1. The van der Waals surface area contributed by atoms with Gasteiger partial charge < -0.3 is 5.32 Å². The molecule has 1 aromatic heterocycles. The highest BCUT2D eigenvalue weighted by atomic mass is 32.2. The lowest BCUT2D eigenvalue weighted by Gasteiger charge is -2.11. The van der Waals surface area contributed by atoms with Gasteiger partial charge in [0.2, 0.25) is 0 Å². The van der Waals surface area contributed by atoms with Crippen LogP contribution in [0.2, 0.25) is 0 Å². The van der Waals surface area contributed by atoms with Crippen LogP contribution in [0.5, 0.6) is 0 Å². The van der Waals surface area contributed by atoms with Crippen molar-refractivity contribution in [1.29, 1.82) is 0 Å². The van der Waals surface area contributed by atoms with Crippen molar-refractivity contribution in [2.45, 2.75) is 18.7 Å². The van der Waals surface area contributed by atoms with Gasteiger partial charge >= 0.3 is 0 Å². The Balaban J connectivity index is 1.74. The van der Waals surface area contributed by atoms with Crippen LogP contribution in [0.3, 0.4) is 0 Å². The number of nitrogens with one attached hydrogen (secondary N) is 2. The predicted molar refractivity (Wildman–Crippen MR) is 101 cm³/mol. The molecule has 0 aliphatic rings. The molecule has 0 saturated carbocycles. The van der Waals surface area contributed by atoms with E-state index >= 15 is 0 Å². The summed E-state index contributed by atoms with van der Waals surface area (Å²) in [5.74, 6) is -0.315. The van der Waals surface area contributed by atoms with Crippen LogP contribution in [0.4, 0.5) is 21.6 Å². The van der Waals surface area contributed by atoms with Gasteiger partial charge in [0.1, 0.15) is 11.6 Å². The SMILES string of the molecule is Cc1ccc(Nc2ccc(NS(=O)(=O)c3ccc(F)cc3)nc2)c(C)c1. The van der Waals surface area contributed by atoms with Gasteiger partial charge in [0, 0.05) is 5.69 Å². The van der Waals surface area contributed by atoms with Gasteiger partial charge in [0.15, 0.2) is 0 Å². The number of anilines is 3. The van der Waals surface area contributed by atoms with Crippen LogP contribution in [0.15, 0.2) is 65.7 Å². The smallest absolute Gasteiger partial charge is 0.263 e. The lowest BCUT2D eigenvalue weighted by Crippen LogP contribution is -2.13. The summed E-state index contributed by atoms with van der Waals surface area (Å²) in [6, 6.07) is 14.0. The molecular formula is C19H18FN3O2S. The van der Waals surface area contributed by atoms with Gasteiger partial charge in [0.05, 0.1) is 16.8 Å². The lowest BCUT2D eigenvalue weighted by atomic mass is 10.1. The first-order valence-electron chi connectivity index (χ1n) is 7.92. The van der Waals surface area contributed by atoms with Gasteiger partial charge in [-0.3, -0.25) is 4.72 Å². The third-order valence-electron chi connectivity index (χ3n) is 3.79. The van der Waals surface area contributed by atoms with Gasteiger partial charge in [0.25, 0.3) is 10.0 Å². The van der Waals surface area contributed by atoms with Crippen molar-refractivity contribution >= 4 is 27.2 Å². The van der Waals surface area contributed by atoms with E-state index in [9.17, 15) is 12.8 Å². The van der Waals surface area contributed by atoms with Crippen LogP contribution in [0.25, 0.3) is 0 Å². The van der Waals surface area contributed by atoms with Crippen molar-refractivity contribution in [2.24, 2.45) is 0 Å².